The third kappa shape index (κ3) is 3.84. The van der Waals surface area contributed by atoms with Gasteiger partial charge in [-0.15, -0.1) is 0 Å². The van der Waals surface area contributed by atoms with E-state index >= 15 is 0 Å². The molecule has 0 fully saturated rings. The average molecular weight is 422 g/mol. The van der Waals surface area contributed by atoms with Gasteiger partial charge in [0, 0.05) is 25.5 Å². The van der Waals surface area contributed by atoms with E-state index in [0.717, 1.165) is 11.1 Å². The number of fused-ring (bicyclic) bond motifs is 1. The topological polar surface area (TPSA) is 62.6 Å². The smallest absolute Gasteiger partial charge is 0.298 e. The Hall–Kier alpha value is -3.45. The molecule has 0 radical (unpaired) electrons. The molecule has 5 nitrogen and oxygen atoms in total. The van der Waals surface area contributed by atoms with Crippen molar-refractivity contribution in [1.29, 1.82) is 0 Å². The van der Waals surface area contributed by atoms with Gasteiger partial charge in [0.2, 0.25) is 0 Å². The number of halogens is 1. The van der Waals surface area contributed by atoms with Crippen LogP contribution in [0.1, 0.15) is 10.6 Å². The summed E-state index contributed by atoms with van der Waals surface area (Å²) in [6, 6.07) is 20.9. The van der Waals surface area contributed by atoms with Gasteiger partial charge in [-0.3, -0.25) is 9.52 Å². The molecule has 7 heteroatoms. The number of benzene rings is 3. The van der Waals surface area contributed by atoms with Gasteiger partial charge in [-0.05, 0) is 29.3 Å². The first-order valence-electron chi connectivity index (χ1n) is 9.21. The summed E-state index contributed by atoms with van der Waals surface area (Å²) in [5, 5.41) is 0.457. The Balaban J connectivity index is 1.61. The van der Waals surface area contributed by atoms with E-state index in [0.29, 0.717) is 21.6 Å². The van der Waals surface area contributed by atoms with Gasteiger partial charge in [0.15, 0.2) is 16.7 Å². The second kappa shape index (κ2) is 8.12. The molecule has 1 atom stereocenters. The Morgan fingerprint density at radius 2 is 1.70 bits per heavy atom. The summed E-state index contributed by atoms with van der Waals surface area (Å²) in [6.45, 7) is 0. The first-order chi connectivity index (χ1) is 14.4. The minimum Gasteiger partial charge on any atom is -0.451 e. The first kappa shape index (κ1) is 19.8. The molecule has 4 rings (SSSR count). The number of nitrogens with one attached hydrogen (secondary N) is 1. The van der Waals surface area contributed by atoms with Gasteiger partial charge >= 0.3 is 0 Å². The fourth-order valence-electron chi connectivity index (χ4n) is 3.18. The molecule has 30 heavy (non-hydrogen) atoms. The van der Waals surface area contributed by atoms with Crippen LogP contribution in [0.4, 0.5) is 10.1 Å². The molecule has 0 saturated heterocycles. The second-order valence-corrected chi connectivity index (χ2v) is 8.09. The van der Waals surface area contributed by atoms with Gasteiger partial charge in [-0.1, -0.05) is 48.5 Å². The molecule has 1 amide bonds. The van der Waals surface area contributed by atoms with Crippen molar-refractivity contribution in [1.82, 2.24) is 4.72 Å². The Morgan fingerprint density at radius 1 is 1.00 bits per heavy atom. The first-order valence-corrected chi connectivity index (χ1v) is 10.4. The molecular weight excluding hydrogens is 403 g/mol. The van der Waals surface area contributed by atoms with Crippen LogP contribution in [0.5, 0.6) is 0 Å². The number of furan rings is 1. The molecular formula is C23H19FN2O3S. The molecule has 0 aliphatic carbocycles. The van der Waals surface area contributed by atoms with E-state index in [1.807, 2.05) is 42.5 Å². The highest BCUT2D eigenvalue weighted by Gasteiger charge is 2.19. The van der Waals surface area contributed by atoms with Crippen LogP contribution < -0.4 is 9.62 Å². The van der Waals surface area contributed by atoms with Crippen molar-refractivity contribution in [3.8, 4) is 11.1 Å². The minimum absolute atomic E-state index is 0.0363. The quantitative estimate of drug-likeness (QED) is 0.504. The van der Waals surface area contributed by atoms with Crippen molar-refractivity contribution in [2.75, 3.05) is 19.0 Å². The largest absolute Gasteiger partial charge is 0.451 e. The van der Waals surface area contributed by atoms with E-state index < -0.39 is 22.7 Å². The number of rotatable bonds is 5. The van der Waals surface area contributed by atoms with Crippen LogP contribution in [-0.2, 0) is 11.0 Å². The van der Waals surface area contributed by atoms with Crippen molar-refractivity contribution >= 4 is 33.5 Å². The molecule has 1 unspecified atom stereocenters. The van der Waals surface area contributed by atoms with E-state index in [2.05, 4.69) is 4.72 Å². The maximum absolute atomic E-state index is 14.2. The average Bonchev–Trinajstić information content (AvgIpc) is 3.16. The molecule has 152 valence electrons. The van der Waals surface area contributed by atoms with E-state index in [9.17, 15) is 13.4 Å². The Morgan fingerprint density at radius 3 is 2.43 bits per heavy atom. The zero-order valence-corrected chi connectivity index (χ0v) is 17.2. The summed E-state index contributed by atoms with van der Waals surface area (Å²) in [4.78, 5) is 14.7. The highest BCUT2D eigenvalue weighted by atomic mass is 32.2. The number of nitrogens with zero attached hydrogens (tertiary/aromatic N) is 1. The second-order valence-electron chi connectivity index (χ2n) is 6.91. The number of carbonyl (C=O) groups excluding carboxylic acids is 1. The number of hydrogen-bond donors (Lipinski definition) is 1. The number of amides is 1. The molecule has 0 saturated carbocycles. The Bertz CT molecular complexity index is 1250. The molecule has 1 heterocycles. The summed E-state index contributed by atoms with van der Waals surface area (Å²) in [6.07, 6.45) is 0. The van der Waals surface area contributed by atoms with Crippen LogP contribution in [0.2, 0.25) is 0 Å². The van der Waals surface area contributed by atoms with Crippen molar-refractivity contribution < 1.29 is 17.8 Å². The summed E-state index contributed by atoms with van der Waals surface area (Å²) in [5.41, 5.74) is 2.38. The van der Waals surface area contributed by atoms with Gasteiger partial charge in [-0.2, -0.15) is 0 Å². The number of carbonyl (C=O) groups is 1. The predicted octanol–water partition coefficient (Wildman–Crippen LogP) is 4.76. The van der Waals surface area contributed by atoms with Gasteiger partial charge in [-0.25, -0.2) is 8.60 Å². The highest BCUT2D eigenvalue weighted by Crippen LogP contribution is 2.28. The van der Waals surface area contributed by atoms with Gasteiger partial charge in [0.05, 0.1) is 10.6 Å². The van der Waals surface area contributed by atoms with Gasteiger partial charge in [0.1, 0.15) is 11.4 Å². The lowest BCUT2D eigenvalue weighted by molar-refractivity contribution is 0.0958. The van der Waals surface area contributed by atoms with E-state index in [4.69, 9.17) is 4.42 Å². The van der Waals surface area contributed by atoms with Crippen LogP contribution in [0.3, 0.4) is 0 Å². The molecule has 1 N–H and O–H groups in total. The van der Waals surface area contributed by atoms with Crippen molar-refractivity contribution in [2.45, 2.75) is 4.90 Å². The summed E-state index contributed by atoms with van der Waals surface area (Å²) >= 11 is 0. The van der Waals surface area contributed by atoms with E-state index in [-0.39, 0.29) is 5.76 Å². The monoisotopic (exact) mass is 422 g/mol. The zero-order chi connectivity index (χ0) is 21.3. The molecule has 0 spiro atoms. The normalized spacial score (nSPS) is 12.0. The van der Waals surface area contributed by atoms with Gasteiger partial charge < -0.3 is 9.32 Å². The van der Waals surface area contributed by atoms with Gasteiger partial charge in [0.25, 0.3) is 5.91 Å². The summed E-state index contributed by atoms with van der Waals surface area (Å²) < 4.78 is 35.1. The van der Waals surface area contributed by atoms with Crippen LogP contribution in [0.25, 0.3) is 22.1 Å². The third-order valence-electron chi connectivity index (χ3n) is 4.65. The van der Waals surface area contributed by atoms with Crippen LogP contribution in [-0.4, -0.2) is 24.2 Å². The van der Waals surface area contributed by atoms with Crippen LogP contribution in [0, 0.1) is 5.82 Å². The number of hydrogen-bond acceptors (Lipinski definition) is 4. The SMILES string of the molecule is CN(C)c1cc2oc(C(=O)NS(=O)c3ccccc3-c3ccccc3)cc2cc1F. The summed E-state index contributed by atoms with van der Waals surface area (Å²) in [7, 11) is 1.63. The lowest BCUT2D eigenvalue weighted by Gasteiger charge is -2.12. The van der Waals surface area contributed by atoms with Crippen LogP contribution >= 0.6 is 0 Å². The molecule has 4 aromatic rings. The van der Waals surface area contributed by atoms with Crippen molar-refractivity contribution in [2.24, 2.45) is 0 Å². The molecule has 0 aliphatic rings. The third-order valence-corrected chi connectivity index (χ3v) is 5.77. The fraction of sp³-hybridized carbons (Fsp3) is 0.0870. The standard InChI is InChI=1S/C23H19FN2O3S/c1-26(2)19-14-20-16(12-18(19)24)13-21(29-20)23(27)25-30(28)22-11-7-6-10-17(22)15-8-4-3-5-9-15/h3-14H,1-2H3,(H,25,27). The minimum atomic E-state index is -1.81. The summed E-state index contributed by atoms with van der Waals surface area (Å²) in [5.74, 6) is -1.09. The molecule has 1 aromatic heterocycles. The zero-order valence-electron chi connectivity index (χ0n) is 16.4. The Kier molecular flexibility index (Phi) is 5.37. The predicted molar refractivity (Wildman–Crippen MR) is 116 cm³/mol. The Labute approximate surface area is 175 Å². The maximum atomic E-state index is 14.2. The maximum Gasteiger partial charge on any atom is 0.298 e. The molecule has 0 aliphatic heterocycles. The molecule has 3 aromatic carbocycles. The van der Waals surface area contributed by atoms with Crippen molar-refractivity contribution in [3.63, 3.8) is 0 Å². The molecule has 0 bridgehead atoms. The lowest BCUT2D eigenvalue weighted by atomic mass is 10.1. The number of anilines is 1. The lowest BCUT2D eigenvalue weighted by Crippen LogP contribution is -2.25. The fourth-order valence-corrected chi connectivity index (χ4v) is 4.14. The highest BCUT2D eigenvalue weighted by molar-refractivity contribution is 7.83. The van der Waals surface area contributed by atoms with E-state index in [1.165, 1.54) is 18.2 Å². The van der Waals surface area contributed by atoms with Crippen molar-refractivity contribution in [3.05, 3.63) is 84.4 Å². The van der Waals surface area contributed by atoms with Crippen LogP contribution in [0.15, 0.2) is 82.1 Å². The van der Waals surface area contributed by atoms with E-state index in [1.54, 1.807) is 31.1 Å².